The van der Waals surface area contributed by atoms with Gasteiger partial charge in [-0.3, -0.25) is 0 Å². The second-order valence-electron chi connectivity index (χ2n) is 6.96. The van der Waals surface area contributed by atoms with E-state index in [2.05, 4.69) is 30.1 Å². The van der Waals surface area contributed by atoms with Crippen LogP contribution < -0.4 is 29.3 Å². The van der Waals surface area contributed by atoms with Gasteiger partial charge in [0.2, 0.25) is 5.75 Å². The number of nitrogens with one attached hydrogen (secondary N) is 1. The highest BCUT2D eigenvalue weighted by atomic mass is 16.5. The highest BCUT2D eigenvalue weighted by Crippen LogP contribution is 2.40. The third-order valence-corrected chi connectivity index (χ3v) is 5.17. The number of aromatic nitrogens is 3. The molecule has 0 unspecified atom stereocenters. The first-order valence-electron chi connectivity index (χ1n) is 10.0. The van der Waals surface area contributed by atoms with Gasteiger partial charge in [-0.05, 0) is 12.1 Å². The van der Waals surface area contributed by atoms with Crippen molar-refractivity contribution < 1.29 is 14.2 Å². The highest BCUT2D eigenvalue weighted by Gasteiger charge is 2.20. The lowest BCUT2D eigenvalue weighted by Gasteiger charge is -2.36. The van der Waals surface area contributed by atoms with Gasteiger partial charge in [0.15, 0.2) is 11.5 Å². The first-order valence-corrected chi connectivity index (χ1v) is 10.0. The van der Waals surface area contributed by atoms with Crippen LogP contribution in [0.4, 0.5) is 23.1 Å². The van der Waals surface area contributed by atoms with Crippen LogP contribution in [0.15, 0.2) is 48.9 Å². The van der Waals surface area contributed by atoms with Crippen molar-refractivity contribution in [1.29, 1.82) is 0 Å². The Bertz CT molecular complexity index is 984. The summed E-state index contributed by atoms with van der Waals surface area (Å²) in [6.45, 7) is 3.49. The molecule has 9 nitrogen and oxygen atoms in total. The van der Waals surface area contributed by atoms with Crippen LogP contribution in [0.25, 0.3) is 0 Å². The Labute approximate surface area is 181 Å². The Balaban J connectivity index is 1.47. The molecule has 0 saturated carbocycles. The van der Waals surface area contributed by atoms with Gasteiger partial charge in [0.05, 0.1) is 21.3 Å². The number of benzene rings is 1. The molecular formula is C22H26N6O3. The van der Waals surface area contributed by atoms with Gasteiger partial charge in [0.1, 0.15) is 23.8 Å². The Hall–Kier alpha value is -3.75. The first kappa shape index (κ1) is 20.5. The number of piperazine rings is 1. The molecule has 1 aliphatic heterocycles. The average molecular weight is 422 g/mol. The number of ether oxygens (including phenoxy) is 3. The quantitative estimate of drug-likeness (QED) is 0.618. The molecule has 3 aromatic rings. The van der Waals surface area contributed by atoms with Crippen LogP contribution >= 0.6 is 0 Å². The molecule has 9 heteroatoms. The molecule has 0 amide bonds. The number of rotatable bonds is 7. The van der Waals surface area contributed by atoms with Crippen LogP contribution in [0.3, 0.4) is 0 Å². The minimum Gasteiger partial charge on any atom is -0.493 e. The normalized spacial score (nSPS) is 13.6. The fourth-order valence-electron chi connectivity index (χ4n) is 3.59. The second kappa shape index (κ2) is 9.38. The zero-order valence-electron chi connectivity index (χ0n) is 17.9. The predicted octanol–water partition coefficient (Wildman–Crippen LogP) is 2.97. The molecule has 0 bridgehead atoms. The van der Waals surface area contributed by atoms with Gasteiger partial charge in [-0.2, -0.15) is 0 Å². The van der Waals surface area contributed by atoms with E-state index in [9.17, 15) is 0 Å². The van der Waals surface area contributed by atoms with Crippen molar-refractivity contribution in [3.8, 4) is 17.2 Å². The van der Waals surface area contributed by atoms with Crippen LogP contribution in [0.1, 0.15) is 0 Å². The van der Waals surface area contributed by atoms with E-state index in [1.54, 1.807) is 27.7 Å². The zero-order chi connectivity index (χ0) is 21.6. The molecule has 4 rings (SSSR count). The van der Waals surface area contributed by atoms with E-state index in [1.165, 1.54) is 0 Å². The van der Waals surface area contributed by atoms with Crippen molar-refractivity contribution in [2.45, 2.75) is 0 Å². The van der Waals surface area contributed by atoms with Gasteiger partial charge in [0, 0.05) is 56.3 Å². The van der Waals surface area contributed by atoms with Crippen molar-refractivity contribution in [1.82, 2.24) is 15.0 Å². The van der Waals surface area contributed by atoms with E-state index in [4.69, 9.17) is 14.2 Å². The van der Waals surface area contributed by atoms with Crippen LogP contribution in [-0.2, 0) is 0 Å². The SMILES string of the molecule is COc1cc(Nc2cc(N3CCN(c4ccccn4)CC3)ncn2)cc(OC)c1OC. The lowest BCUT2D eigenvalue weighted by Crippen LogP contribution is -2.47. The Kier molecular flexibility index (Phi) is 6.21. The zero-order valence-corrected chi connectivity index (χ0v) is 17.9. The third-order valence-electron chi connectivity index (χ3n) is 5.17. The van der Waals surface area contributed by atoms with Crippen molar-refractivity contribution >= 4 is 23.1 Å². The van der Waals surface area contributed by atoms with Crippen LogP contribution in [0.5, 0.6) is 17.2 Å². The summed E-state index contributed by atoms with van der Waals surface area (Å²) < 4.78 is 16.2. The predicted molar refractivity (Wildman–Crippen MR) is 120 cm³/mol. The van der Waals surface area contributed by atoms with Gasteiger partial charge >= 0.3 is 0 Å². The van der Waals surface area contributed by atoms with Gasteiger partial charge in [-0.25, -0.2) is 15.0 Å². The van der Waals surface area contributed by atoms with Gasteiger partial charge in [0.25, 0.3) is 0 Å². The largest absolute Gasteiger partial charge is 0.493 e. The summed E-state index contributed by atoms with van der Waals surface area (Å²) in [5.41, 5.74) is 0.777. The summed E-state index contributed by atoms with van der Waals surface area (Å²) in [6.07, 6.45) is 3.40. The molecule has 2 aromatic heterocycles. The molecule has 1 fully saturated rings. The van der Waals surface area contributed by atoms with Crippen molar-refractivity contribution in [2.75, 3.05) is 62.6 Å². The van der Waals surface area contributed by atoms with Crippen molar-refractivity contribution in [2.24, 2.45) is 0 Å². The minimum absolute atomic E-state index is 0.546. The number of pyridine rings is 1. The molecular weight excluding hydrogens is 396 g/mol. The molecule has 1 aliphatic rings. The van der Waals surface area contributed by atoms with Gasteiger partial charge in [-0.15, -0.1) is 0 Å². The molecule has 1 saturated heterocycles. The maximum atomic E-state index is 5.43. The summed E-state index contributed by atoms with van der Waals surface area (Å²) in [4.78, 5) is 17.8. The third kappa shape index (κ3) is 4.55. The highest BCUT2D eigenvalue weighted by molar-refractivity contribution is 5.67. The van der Waals surface area contributed by atoms with Gasteiger partial charge < -0.3 is 29.3 Å². The standard InChI is InChI=1S/C22H26N6O3/c1-29-17-12-16(13-18(30-2)22(17)31-3)26-19-14-21(25-15-24-19)28-10-8-27(9-11-28)20-6-4-5-7-23-20/h4-7,12-15H,8-11H2,1-3H3,(H,24,25,26). The Morgan fingerprint density at radius 2 is 1.45 bits per heavy atom. The molecule has 0 atom stereocenters. The summed E-state index contributed by atoms with van der Waals surface area (Å²) in [6, 6.07) is 11.6. The number of hydrogen-bond acceptors (Lipinski definition) is 9. The number of anilines is 4. The van der Waals surface area contributed by atoms with E-state index in [-0.39, 0.29) is 0 Å². The fourth-order valence-corrected chi connectivity index (χ4v) is 3.59. The van der Waals surface area contributed by atoms with Crippen LogP contribution in [-0.4, -0.2) is 62.5 Å². The lowest BCUT2D eigenvalue weighted by molar-refractivity contribution is 0.324. The summed E-state index contributed by atoms with van der Waals surface area (Å²) in [7, 11) is 4.76. The number of hydrogen-bond donors (Lipinski definition) is 1. The van der Waals surface area contributed by atoms with E-state index >= 15 is 0 Å². The second-order valence-corrected chi connectivity index (χ2v) is 6.96. The minimum atomic E-state index is 0.546. The maximum Gasteiger partial charge on any atom is 0.203 e. The first-order chi connectivity index (χ1) is 15.2. The number of nitrogens with zero attached hydrogens (tertiary/aromatic N) is 5. The topological polar surface area (TPSA) is 84.9 Å². The van der Waals surface area contributed by atoms with Crippen molar-refractivity contribution in [3.63, 3.8) is 0 Å². The monoisotopic (exact) mass is 422 g/mol. The van der Waals surface area contributed by atoms with E-state index in [1.807, 2.05) is 42.6 Å². The smallest absolute Gasteiger partial charge is 0.203 e. The van der Waals surface area contributed by atoms with Gasteiger partial charge in [-0.1, -0.05) is 6.07 Å². The van der Waals surface area contributed by atoms with Crippen LogP contribution in [0.2, 0.25) is 0 Å². The average Bonchev–Trinajstić information content (AvgIpc) is 2.84. The Morgan fingerprint density at radius 3 is 2.03 bits per heavy atom. The molecule has 162 valence electrons. The summed E-state index contributed by atoms with van der Waals surface area (Å²) in [5.74, 6) is 4.27. The van der Waals surface area contributed by atoms with E-state index < -0.39 is 0 Å². The molecule has 1 aromatic carbocycles. The summed E-state index contributed by atoms with van der Waals surface area (Å²) in [5, 5.41) is 3.31. The molecule has 31 heavy (non-hydrogen) atoms. The molecule has 0 aliphatic carbocycles. The van der Waals surface area contributed by atoms with Crippen molar-refractivity contribution in [3.05, 3.63) is 48.9 Å². The van der Waals surface area contributed by atoms with E-state index in [0.717, 1.165) is 43.5 Å². The molecule has 0 spiro atoms. The maximum absolute atomic E-state index is 5.43. The fraction of sp³-hybridized carbons (Fsp3) is 0.318. The molecule has 0 radical (unpaired) electrons. The molecule has 3 heterocycles. The van der Waals surface area contributed by atoms with E-state index in [0.29, 0.717) is 23.1 Å². The lowest BCUT2D eigenvalue weighted by atomic mass is 10.2. The Morgan fingerprint density at radius 1 is 0.774 bits per heavy atom. The molecule has 1 N–H and O–H groups in total. The summed E-state index contributed by atoms with van der Waals surface area (Å²) >= 11 is 0. The number of methoxy groups -OCH3 is 3. The van der Waals surface area contributed by atoms with Crippen LogP contribution in [0, 0.1) is 0 Å².